The second-order valence-corrected chi connectivity index (χ2v) is 3.97. The fraction of sp³-hybridized carbons (Fsp3) is 0.636. The summed E-state index contributed by atoms with van der Waals surface area (Å²) in [6.07, 6.45) is 2.91. The average molecular weight is 210 g/mol. The van der Waals surface area contributed by atoms with E-state index >= 15 is 0 Å². The van der Waals surface area contributed by atoms with E-state index in [0.717, 1.165) is 25.8 Å². The van der Waals surface area contributed by atoms with Gasteiger partial charge in [0.15, 0.2) is 0 Å². The second kappa shape index (κ2) is 5.53. The van der Waals surface area contributed by atoms with Crippen molar-refractivity contribution in [3.8, 4) is 0 Å². The van der Waals surface area contributed by atoms with Crippen LogP contribution in [0.25, 0.3) is 0 Å². The Bertz CT molecular complexity index is 274. The van der Waals surface area contributed by atoms with Gasteiger partial charge in [-0.2, -0.15) is 0 Å². The Morgan fingerprint density at radius 3 is 3.00 bits per heavy atom. The van der Waals surface area contributed by atoms with Crippen LogP contribution >= 0.6 is 0 Å². The summed E-state index contributed by atoms with van der Waals surface area (Å²) in [6.45, 7) is 6.37. The van der Waals surface area contributed by atoms with E-state index in [1.807, 2.05) is 0 Å². The topological polar surface area (TPSA) is 58.2 Å². The zero-order chi connectivity index (χ0) is 11.3. The third-order valence-corrected chi connectivity index (χ3v) is 2.55. The van der Waals surface area contributed by atoms with Crippen molar-refractivity contribution in [3.05, 3.63) is 12.2 Å². The van der Waals surface area contributed by atoms with Gasteiger partial charge in [-0.1, -0.05) is 13.0 Å². The molecule has 1 fully saturated rings. The summed E-state index contributed by atoms with van der Waals surface area (Å²) in [5.74, 6) is -0.211. The molecule has 2 N–H and O–H groups in total. The van der Waals surface area contributed by atoms with Crippen LogP contribution in [0.5, 0.6) is 0 Å². The van der Waals surface area contributed by atoms with Gasteiger partial charge in [-0.25, -0.2) is 0 Å². The van der Waals surface area contributed by atoms with Gasteiger partial charge in [0, 0.05) is 18.7 Å². The summed E-state index contributed by atoms with van der Waals surface area (Å²) in [5.41, 5.74) is 0.476. The molecule has 0 bridgehead atoms. The first kappa shape index (κ1) is 11.8. The highest BCUT2D eigenvalue weighted by atomic mass is 16.2. The highest BCUT2D eigenvalue weighted by Crippen LogP contribution is 2.11. The molecule has 0 aromatic carbocycles. The first-order valence-corrected chi connectivity index (χ1v) is 5.32. The van der Waals surface area contributed by atoms with Gasteiger partial charge in [-0.05, 0) is 19.8 Å². The van der Waals surface area contributed by atoms with Crippen molar-refractivity contribution in [2.75, 3.05) is 13.1 Å². The fourth-order valence-corrected chi connectivity index (χ4v) is 1.56. The van der Waals surface area contributed by atoms with Crippen LogP contribution in [0.2, 0.25) is 0 Å². The molecule has 0 radical (unpaired) electrons. The molecule has 1 aliphatic heterocycles. The Morgan fingerprint density at radius 1 is 1.60 bits per heavy atom. The van der Waals surface area contributed by atoms with Crippen molar-refractivity contribution < 1.29 is 9.59 Å². The van der Waals surface area contributed by atoms with Crippen LogP contribution in [-0.2, 0) is 9.59 Å². The second-order valence-electron chi connectivity index (χ2n) is 3.97. The van der Waals surface area contributed by atoms with Crippen LogP contribution in [0.3, 0.4) is 0 Å². The van der Waals surface area contributed by atoms with Gasteiger partial charge in [0.05, 0.1) is 5.92 Å². The highest BCUT2D eigenvalue weighted by Gasteiger charge is 2.20. The molecule has 0 aromatic heterocycles. The molecule has 0 aromatic rings. The molecule has 1 unspecified atom stereocenters. The lowest BCUT2D eigenvalue weighted by Crippen LogP contribution is -2.37. The molecule has 0 aliphatic carbocycles. The van der Waals surface area contributed by atoms with E-state index in [-0.39, 0.29) is 17.7 Å². The summed E-state index contributed by atoms with van der Waals surface area (Å²) < 4.78 is 0. The van der Waals surface area contributed by atoms with Crippen LogP contribution in [0.15, 0.2) is 12.2 Å². The first-order valence-electron chi connectivity index (χ1n) is 5.32. The monoisotopic (exact) mass is 210 g/mol. The van der Waals surface area contributed by atoms with E-state index in [0.29, 0.717) is 12.1 Å². The smallest absolute Gasteiger partial charge is 0.246 e. The molecule has 1 aliphatic rings. The SMILES string of the molecule is C=C(C)C(=O)NCC1CCCCNC1=O. The van der Waals surface area contributed by atoms with E-state index in [1.165, 1.54) is 0 Å². The van der Waals surface area contributed by atoms with Crippen LogP contribution in [-0.4, -0.2) is 24.9 Å². The van der Waals surface area contributed by atoms with Gasteiger partial charge in [0.25, 0.3) is 0 Å². The van der Waals surface area contributed by atoms with E-state index in [4.69, 9.17) is 0 Å². The average Bonchev–Trinajstić information content (AvgIpc) is 2.39. The number of hydrogen-bond acceptors (Lipinski definition) is 2. The van der Waals surface area contributed by atoms with Crippen LogP contribution in [0.4, 0.5) is 0 Å². The van der Waals surface area contributed by atoms with Crippen molar-refractivity contribution in [1.29, 1.82) is 0 Å². The van der Waals surface area contributed by atoms with Crippen molar-refractivity contribution in [2.45, 2.75) is 26.2 Å². The van der Waals surface area contributed by atoms with Crippen molar-refractivity contribution in [1.82, 2.24) is 10.6 Å². The minimum atomic E-state index is -0.174. The predicted molar refractivity (Wildman–Crippen MR) is 58.2 cm³/mol. The molecule has 0 spiro atoms. The summed E-state index contributed by atoms with van der Waals surface area (Å²) in [6, 6.07) is 0. The standard InChI is InChI=1S/C11H18N2O2/c1-8(2)10(14)13-7-9-5-3-4-6-12-11(9)15/h9H,1,3-7H2,2H3,(H,12,15)(H,13,14). The number of carbonyl (C=O) groups excluding carboxylic acids is 2. The predicted octanol–water partition coefficient (Wildman–Crippen LogP) is 0.595. The molecule has 0 saturated carbocycles. The van der Waals surface area contributed by atoms with Gasteiger partial charge in [-0.15, -0.1) is 0 Å². The van der Waals surface area contributed by atoms with Gasteiger partial charge in [0.2, 0.25) is 11.8 Å². The quantitative estimate of drug-likeness (QED) is 0.670. The molecule has 2 amide bonds. The molecule has 15 heavy (non-hydrogen) atoms. The van der Waals surface area contributed by atoms with E-state index in [2.05, 4.69) is 17.2 Å². The fourth-order valence-electron chi connectivity index (χ4n) is 1.56. The molecule has 1 atom stereocenters. The lowest BCUT2D eigenvalue weighted by Gasteiger charge is -2.13. The van der Waals surface area contributed by atoms with Crippen molar-refractivity contribution in [2.24, 2.45) is 5.92 Å². The van der Waals surface area contributed by atoms with Gasteiger partial charge in [0.1, 0.15) is 0 Å². The van der Waals surface area contributed by atoms with E-state index in [9.17, 15) is 9.59 Å². The molecule has 4 heteroatoms. The summed E-state index contributed by atoms with van der Waals surface area (Å²) in [5, 5.41) is 5.55. The number of carbonyl (C=O) groups is 2. The molecular weight excluding hydrogens is 192 g/mol. The first-order chi connectivity index (χ1) is 7.11. The molecule has 1 saturated heterocycles. The number of amides is 2. The lowest BCUT2D eigenvalue weighted by atomic mass is 10.0. The third kappa shape index (κ3) is 3.73. The molecule has 1 heterocycles. The lowest BCUT2D eigenvalue weighted by molar-refractivity contribution is -0.125. The summed E-state index contributed by atoms with van der Waals surface area (Å²) in [4.78, 5) is 22.7. The molecule has 4 nitrogen and oxygen atoms in total. The summed E-state index contributed by atoms with van der Waals surface area (Å²) >= 11 is 0. The maximum Gasteiger partial charge on any atom is 0.246 e. The molecule has 1 rings (SSSR count). The highest BCUT2D eigenvalue weighted by molar-refractivity contribution is 5.92. The maximum absolute atomic E-state index is 11.5. The third-order valence-electron chi connectivity index (χ3n) is 2.55. The van der Waals surface area contributed by atoms with E-state index in [1.54, 1.807) is 6.92 Å². The summed E-state index contributed by atoms with van der Waals surface area (Å²) in [7, 11) is 0. The Balaban J connectivity index is 2.39. The molecular formula is C11H18N2O2. The van der Waals surface area contributed by atoms with Gasteiger partial charge in [-0.3, -0.25) is 9.59 Å². The van der Waals surface area contributed by atoms with Crippen LogP contribution in [0.1, 0.15) is 26.2 Å². The maximum atomic E-state index is 11.5. The van der Waals surface area contributed by atoms with Crippen molar-refractivity contribution in [3.63, 3.8) is 0 Å². The zero-order valence-electron chi connectivity index (χ0n) is 9.14. The number of hydrogen-bond donors (Lipinski definition) is 2. The normalized spacial score (nSPS) is 21.4. The zero-order valence-corrected chi connectivity index (χ0v) is 9.14. The van der Waals surface area contributed by atoms with Gasteiger partial charge < -0.3 is 10.6 Å². The minimum absolute atomic E-state index is 0.0505. The van der Waals surface area contributed by atoms with Crippen LogP contribution in [0, 0.1) is 5.92 Å². The van der Waals surface area contributed by atoms with E-state index < -0.39 is 0 Å². The largest absolute Gasteiger partial charge is 0.356 e. The Hall–Kier alpha value is -1.32. The van der Waals surface area contributed by atoms with Gasteiger partial charge >= 0.3 is 0 Å². The van der Waals surface area contributed by atoms with Crippen LogP contribution < -0.4 is 10.6 Å². The Morgan fingerprint density at radius 2 is 2.33 bits per heavy atom. The number of nitrogens with one attached hydrogen (secondary N) is 2. The number of rotatable bonds is 3. The van der Waals surface area contributed by atoms with Crippen molar-refractivity contribution >= 4 is 11.8 Å². The minimum Gasteiger partial charge on any atom is -0.356 e. The Labute approximate surface area is 90.1 Å². The Kier molecular flexibility index (Phi) is 4.34. The molecule has 84 valence electrons.